The van der Waals surface area contributed by atoms with Gasteiger partial charge in [0.15, 0.2) is 11.5 Å². The summed E-state index contributed by atoms with van der Waals surface area (Å²) in [6.45, 7) is 2.68. The van der Waals surface area contributed by atoms with Crippen LogP contribution in [0.15, 0.2) is 54.6 Å². The molecular weight excluding hydrogens is 486 g/mol. The fourth-order valence-electron chi connectivity index (χ4n) is 3.26. The number of ether oxygens (including phenoxy) is 1. The van der Waals surface area contributed by atoms with Crippen LogP contribution < -0.4 is 24.9 Å². The van der Waals surface area contributed by atoms with E-state index in [0.717, 1.165) is 37.9 Å². The van der Waals surface area contributed by atoms with Gasteiger partial charge in [-0.25, -0.2) is 0 Å². The van der Waals surface area contributed by atoms with Crippen molar-refractivity contribution in [3.05, 3.63) is 65.7 Å². The van der Waals surface area contributed by atoms with E-state index in [1.165, 1.54) is 30.4 Å². The second-order valence-corrected chi connectivity index (χ2v) is 8.97. The minimum absolute atomic E-state index is 0.0137. The summed E-state index contributed by atoms with van der Waals surface area (Å²) >= 11 is 0. The molecule has 0 saturated heterocycles. The molecule has 2 aliphatic heterocycles. The molecule has 2 aromatic rings. The minimum Gasteiger partial charge on any atom is -0.453 e. The molecule has 0 unspecified atom stereocenters. The van der Waals surface area contributed by atoms with Crippen LogP contribution in [-0.4, -0.2) is 51.0 Å². The van der Waals surface area contributed by atoms with Crippen molar-refractivity contribution >= 4 is 34.4 Å². The van der Waals surface area contributed by atoms with Gasteiger partial charge in [0.05, 0.1) is 0 Å². The molecule has 0 spiro atoms. The van der Waals surface area contributed by atoms with Crippen molar-refractivity contribution in [1.29, 1.82) is 0 Å². The van der Waals surface area contributed by atoms with Gasteiger partial charge in [-0.1, -0.05) is 18.2 Å². The summed E-state index contributed by atoms with van der Waals surface area (Å²) in [6.07, 6.45) is 8.55. The number of rotatable bonds is 2. The lowest BCUT2D eigenvalue weighted by atomic mass is 10.1. The Morgan fingerprint density at radius 3 is 2.03 bits per heavy atom. The van der Waals surface area contributed by atoms with E-state index in [1.807, 2.05) is 0 Å². The van der Waals surface area contributed by atoms with Crippen molar-refractivity contribution in [2.75, 3.05) is 26.2 Å². The van der Waals surface area contributed by atoms with Crippen LogP contribution in [0.4, 0.5) is 0 Å². The van der Waals surface area contributed by atoms with Crippen molar-refractivity contribution in [2.24, 2.45) is 0 Å². The zero-order valence-corrected chi connectivity index (χ0v) is 20.4. The Labute approximate surface area is 210 Å². The fourth-order valence-corrected chi connectivity index (χ4v) is 3.63. The molecule has 0 aromatic heterocycles. The summed E-state index contributed by atoms with van der Waals surface area (Å²) in [6, 6.07) is 11.0. The summed E-state index contributed by atoms with van der Waals surface area (Å²) in [4.78, 5) is 24.1. The van der Waals surface area contributed by atoms with Gasteiger partial charge in [0.1, 0.15) is 5.75 Å². The third kappa shape index (κ3) is 9.90. The topological polar surface area (TPSA) is 143 Å². The summed E-state index contributed by atoms with van der Waals surface area (Å²) in [5.41, 5.74) is 1.30. The molecule has 2 amide bonds. The van der Waals surface area contributed by atoms with E-state index in [-0.39, 0.29) is 23.3 Å². The Kier molecular flexibility index (Phi) is 10.0. The lowest BCUT2D eigenvalue weighted by Crippen LogP contribution is -2.27. The molecule has 11 heteroatoms. The van der Waals surface area contributed by atoms with Gasteiger partial charge in [-0.05, 0) is 79.9 Å². The molecule has 10 nitrogen and oxygen atoms in total. The molecule has 0 saturated carbocycles. The molecule has 2 aliphatic rings. The highest BCUT2D eigenvalue weighted by Gasteiger charge is 2.14. The molecule has 0 fully saturated rings. The number of fused-ring (bicyclic) bond motifs is 15. The molecule has 0 radical (unpaired) electrons. The van der Waals surface area contributed by atoms with E-state index in [1.54, 1.807) is 36.4 Å². The van der Waals surface area contributed by atoms with Gasteiger partial charge in [0, 0.05) is 25.2 Å². The second-order valence-electron chi connectivity index (χ2n) is 7.95. The molecule has 4 bridgehead atoms. The zero-order chi connectivity index (χ0) is 25.8. The Morgan fingerprint density at radius 2 is 1.33 bits per heavy atom. The Bertz CT molecular complexity index is 1210. The highest BCUT2D eigenvalue weighted by atomic mass is 32.3. The number of benzene rings is 2. The van der Waals surface area contributed by atoms with Gasteiger partial charge in [-0.15, -0.1) is 0 Å². The van der Waals surface area contributed by atoms with Crippen LogP contribution in [0.25, 0.3) is 12.2 Å². The number of amides is 2. The maximum Gasteiger partial charge on any atom is 0.446 e. The summed E-state index contributed by atoms with van der Waals surface area (Å²) in [7, 11) is -4.78. The predicted octanol–water partition coefficient (Wildman–Crippen LogP) is 2.69. The maximum atomic E-state index is 12.1. The molecule has 192 valence electrons. The molecule has 4 rings (SSSR count). The van der Waals surface area contributed by atoms with E-state index in [4.69, 9.17) is 9.29 Å². The standard InChI is InChI=1S/C25H29N3O7S/c29-24-12-7-19-4-9-21(10-5-19)34-23-18-20(6-11-22(23)35-36(31,32)33)8-13-25(30)27-16-2-1-14-26-15-3-17-28-24/h4-13,18,26H,1-3,14-17H2,(H,27,30)(H,28,29)(H,31,32,33). The van der Waals surface area contributed by atoms with Crippen LogP contribution in [0, 0.1) is 0 Å². The molecule has 36 heavy (non-hydrogen) atoms. The van der Waals surface area contributed by atoms with E-state index >= 15 is 0 Å². The summed E-state index contributed by atoms with van der Waals surface area (Å²) in [5.74, 6) is -0.317. The van der Waals surface area contributed by atoms with Crippen molar-refractivity contribution < 1.29 is 31.5 Å². The van der Waals surface area contributed by atoms with Gasteiger partial charge in [-0.3, -0.25) is 14.1 Å². The minimum atomic E-state index is -4.78. The van der Waals surface area contributed by atoms with Crippen molar-refractivity contribution in [2.45, 2.75) is 19.3 Å². The number of carbonyl (C=O) groups excluding carboxylic acids is 2. The molecule has 0 aliphatic carbocycles. The van der Waals surface area contributed by atoms with Crippen molar-refractivity contribution in [3.63, 3.8) is 0 Å². The molecule has 2 aromatic carbocycles. The smallest absolute Gasteiger partial charge is 0.446 e. The first-order valence-electron chi connectivity index (χ1n) is 11.5. The monoisotopic (exact) mass is 515 g/mol. The molecule has 0 atom stereocenters. The fraction of sp³-hybridized carbons (Fsp3) is 0.280. The van der Waals surface area contributed by atoms with Gasteiger partial charge in [0.2, 0.25) is 11.8 Å². The van der Waals surface area contributed by atoms with E-state index in [9.17, 15) is 18.0 Å². The third-order valence-corrected chi connectivity index (χ3v) is 5.42. The van der Waals surface area contributed by atoms with Gasteiger partial charge >= 0.3 is 10.4 Å². The van der Waals surface area contributed by atoms with E-state index < -0.39 is 10.4 Å². The van der Waals surface area contributed by atoms with Crippen LogP contribution >= 0.6 is 0 Å². The zero-order valence-electron chi connectivity index (χ0n) is 19.6. The largest absolute Gasteiger partial charge is 0.453 e. The Hall–Kier alpha value is -3.67. The third-order valence-electron chi connectivity index (χ3n) is 5.03. The van der Waals surface area contributed by atoms with E-state index in [0.29, 0.717) is 24.4 Å². The Morgan fingerprint density at radius 1 is 0.750 bits per heavy atom. The van der Waals surface area contributed by atoms with Crippen LogP contribution in [-0.2, 0) is 20.0 Å². The van der Waals surface area contributed by atoms with Gasteiger partial charge < -0.3 is 24.9 Å². The normalized spacial score (nSPS) is 16.4. The number of carbonyl (C=O) groups is 2. The average Bonchev–Trinajstić information content (AvgIpc) is 2.83. The van der Waals surface area contributed by atoms with Crippen LogP contribution in [0.2, 0.25) is 0 Å². The quantitative estimate of drug-likeness (QED) is 0.447. The second kappa shape index (κ2) is 13.4. The molecule has 4 N–H and O–H groups in total. The van der Waals surface area contributed by atoms with Crippen LogP contribution in [0.3, 0.4) is 0 Å². The van der Waals surface area contributed by atoms with Gasteiger partial charge in [-0.2, -0.15) is 8.42 Å². The Balaban J connectivity index is 1.83. The molecule has 2 heterocycles. The lowest BCUT2D eigenvalue weighted by Gasteiger charge is -2.12. The highest BCUT2D eigenvalue weighted by Crippen LogP contribution is 2.34. The predicted molar refractivity (Wildman–Crippen MR) is 136 cm³/mol. The summed E-state index contributed by atoms with van der Waals surface area (Å²) < 4.78 is 42.0. The average molecular weight is 516 g/mol. The van der Waals surface area contributed by atoms with Crippen molar-refractivity contribution in [3.8, 4) is 17.2 Å². The van der Waals surface area contributed by atoms with Crippen LogP contribution in [0.5, 0.6) is 17.2 Å². The molecular formula is C25H29N3O7S. The number of nitrogens with one attached hydrogen (secondary N) is 3. The van der Waals surface area contributed by atoms with Gasteiger partial charge in [0.25, 0.3) is 0 Å². The highest BCUT2D eigenvalue weighted by molar-refractivity contribution is 7.81. The van der Waals surface area contributed by atoms with Crippen molar-refractivity contribution in [1.82, 2.24) is 16.0 Å². The lowest BCUT2D eigenvalue weighted by molar-refractivity contribution is -0.117. The first-order valence-corrected chi connectivity index (χ1v) is 12.9. The SMILES string of the molecule is O=C1C=Cc2ccc(OS(=O)(=O)O)c(c2)Oc2ccc(cc2)C=CC(=O)NCCCNCCCCN1. The maximum absolute atomic E-state index is 12.1. The summed E-state index contributed by atoms with van der Waals surface area (Å²) in [5, 5.41) is 8.95. The van der Waals surface area contributed by atoms with E-state index in [2.05, 4.69) is 20.1 Å². The number of hydrogen-bond donors (Lipinski definition) is 4. The van der Waals surface area contributed by atoms with Crippen LogP contribution in [0.1, 0.15) is 30.4 Å². The number of hydrogen-bond acceptors (Lipinski definition) is 7. The first kappa shape index (κ1) is 26.9. The first-order chi connectivity index (χ1) is 17.3.